The van der Waals surface area contributed by atoms with Crippen molar-refractivity contribution in [3.05, 3.63) is 53.4 Å². The molecule has 2 N–H and O–H groups in total. The molecule has 0 saturated carbocycles. The topological polar surface area (TPSA) is 80.7 Å². The summed E-state index contributed by atoms with van der Waals surface area (Å²) in [6, 6.07) is 15.0. The third kappa shape index (κ3) is 4.77. The highest BCUT2D eigenvalue weighted by atomic mass is 32.1. The van der Waals surface area contributed by atoms with Gasteiger partial charge in [-0.2, -0.15) is 0 Å². The number of carboxylic acid groups (broad SMARTS) is 1. The number of hydrogen-bond acceptors (Lipinski definition) is 6. The van der Waals surface area contributed by atoms with Gasteiger partial charge in [0.05, 0.1) is 25.8 Å². The van der Waals surface area contributed by atoms with E-state index in [-0.39, 0.29) is 6.42 Å². The summed E-state index contributed by atoms with van der Waals surface area (Å²) in [5, 5.41) is 13.1. The minimum absolute atomic E-state index is 0.0794. The first kappa shape index (κ1) is 18.7. The molecule has 0 unspecified atom stereocenters. The number of benzene rings is 2. The van der Waals surface area contributed by atoms with E-state index in [0.29, 0.717) is 22.3 Å². The van der Waals surface area contributed by atoms with Crippen molar-refractivity contribution >= 4 is 28.1 Å². The van der Waals surface area contributed by atoms with E-state index in [2.05, 4.69) is 10.3 Å². The SMILES string of the molecule is CCOc1ccc(Nc2nc(-c3ccc(OC)cc3)c(CC(=O)O)s2)cc1. The summed E-state index contributed by atoms with van der Waals surface area (Å²) in [7, 11) is 1.60. The molecule has 6 nitrogen and oxygen atoms in total. The molecular weight excluding hydrogens is 364 g/mol. The van der Waals surface area contributed by atoms with Crippen LogP contribution in [0.15, 0.2) is 48.5 Å². The van der Waals surface area contributed by atoms with E-state index in [9.17, 15) is 9.90 Å². The molecule has 0 saturated heterocycles. The number of nitrogens with one attached hydrogen (secondary N) is 1. The minimum Gasteiger partial charge on any atom is -0.497 e. The second-order valence-electron chi connectivity index (χ2n) is 5.67. The van der Waals surface area contributed by atoms with Gasteiger partial charge in [-0.1, -0.05) is 0 Å². The van der Waals surface area contributed by atoms with Crippen LogP contribution in [0.4, 0.5) is 10.8 Å². The summed E-state index contributed by atoms with van der Waals surface area (Å²) in [5.74, 6) is 0.648. The molecule has 3 rings (SSSR count). The monoisotopic (exact) mass is 384 g/mol. The Kier molecular flexibility index (Phi) is 5.93. The molecule has 27 heavy (non-hydrogen) atoms. The zero-order chi connectivity index (χ0) is 19.2. The molecule has 0 atom stereocenters. The number of aliphatic carboxylic acids is 1. The lowest BCUT2D eigenvalue weighted by Crippen LogP contribution is -1.99. The van der Waals surface area contributed by atoms with Gasteiger partial charge in [-0.15, -0.1) is 11.3 Å². The maximum atomic E-state index is 11.2. The number of hydrogen-bond donors (Lipinski definition) is 2. The number of aromatic nitrogens is 1. The van der Waals surface area contributed by atoms with Gasteiger partial charge in [0, 0.05) is 16.1 Å². The van der Waals surface area contributed by atoms with Gasteiger partial charge in [0.1, 0.15) is 11.5 Å². The van der Waals surface area contributed by atoms with Gasteiger partial charge in [-0.05, 0) is 55.5 Å². The first-order valence-corrected chi connectivity index (χ1v) is 9.26. The largest absolute Gasteiger partial charge is 0.497 e. The van der Waals surface area contributed by atoms with Gasteiger partial charge in [0.2, 0.25) is 0 Å². The molecule has 0 aliphatic heterocycles. The first-order valence-electron chi connectivity index (χ1n) is 8.45. The number of carboxylic acids is 1. The van der Waals surface area contributed by atoms with Crippen LogP contribution < -0.4 is 14.8 Å². The van der Waals surface area contributed by atoms with Gasteiger partial charge in [-0.25, -0.2) is 4.98 Å². The fourth-order valence-electron chi connectivity index (χ4n) is 2.56. The van der Waals surface area contributed by atoms with Crippen LogP contribution in [0.1, 0.15) is 11.8 Å². The predicted molar refractivity (Wildman–Crippen MR) is 106 cm³/mol. The molecule has 0 aliphatic rings. The highest BCUT2D eigenvalue weighted by Crippen LogP contribution is 2.34. The Hall–Kier alpha value is -3.06. The number of ether oxygens (including phenoxy) is 2. The molecule has 0 bridgehead atoms. The smallest absolute Gasteiger partial charge is 0.308 e. The van der Waals surface area contributed by atoms with Crippen molar-refractivity contribution in [3.63, 3.8) is 0 Å². The lowest BCUT2D eigenvalue weighted by Gasteiger charge is -2.05. The number of rotatable bonds is 8. The van der Waals surface area contributed by atoms with Crippen molar-refractivity contribution in [3.8, 4) is 22.8 Å². The van der Waals surface area contributed by atoms with E-state index in [1.165, 1.54) is 11.3 Å². The summed E-state index contributed by atoms with van der Waals surface area (Å²) >= 11 is 1.34. The Morgan fingerprint density at radius 1 is 1.11 bits per heavy atom. The normalized spacial score (nSPS) is 10.4. The summed E-state index contributed by atoms with van der Waals surface area (Å²) in [5.41, 5.74) is 2.37. The molecule has 0 spiro atoms. The maximum absolute atomic E-state index is 11.2. The molecule has 0 fully saturated rings. The number of methoxy groups -OCH3 is 1. The average molecular weight is 384 g/mol. The summed E-state index contributed by atoms with van der Waals surface area (Å²) in [4.78, 5) is 16.6. The van der Waals surface area contributed by atoms with Crippen LogP contribution in [0.5, 0.6) is 11.5 Å². The third-order valence-corrected chi connectivity index (χ3v) is 4.76. The Bertz CT molecular complexity index is 905. The van der Waals surface area contributed by atoms with Crippen LogP contribution in [-0.4, -0.2) is 29.8 Å². The highest BCUT2D eigenvalue weighted by Gasteiger charge is 2.16. The lowest BCUT2D eigenvalue weighted by molar-refractivity contribution is -0.136. The van der Waals surface area contributed by atoms with Crippen LogP contribution in [0.2, 0.25) is 0 Å². The predicted octanol–water partition coefficient (Wildman–Crippen LogP) is 4.59. The molecule has 7 heteroatoms. The summed E-state index contributed by atoms with van der Waals surface area (Å²) in [6.07, 6.45) is -0.0794. The lowest BCUT2D eigenvalue weighted by atomic mass is 10.1. The van der Waals surface area contributed by atoms with Gasteiger partial charge in [0.15, 0.2) is 5.13 Å². The average Bonchev–Trinajstić information content (AvgIpc) is 3.05. The second-order valence-corrected chi connectivity index (χ2v) is 6.76. The summed E-state index contributed by atoms with van der Waals surface area (Å²) < 4.78 is 10.6. The first-order chi connectivity index (χ1) is 13.1. The summed E-state index contributed by atoms with van der Waals surface area (Å²) in [6.45, 7) is 2.55. The zero-order valence-corrected chi connectivity index (χ0v) is 15.9. The quantitative estimate of drug-likeness (QED) is 0.591. The Morgan fingerprint density at radius 3 is 2.37 bits per heavy atom. The number of carbonyl (C=O) groups is 1. The molecule has 0 aliphatic carbocycles. The van der Waals surface area contributed by atoms with Crippen LogP contribution >= 0.6 is 11.3 Å². The van der Waals surface area contributed by atoms with E-state index < -0.39 is 5.97 Å². The van der Waals surface area contributed by atoms with Crippen LogP contribution in [-0.2, 0) is 11.2 Å². The van der Waals surface area contributed by atoms with Crippen molar-refractivity contribution in [2.45, 2.75) is 13.3 Å². The fourth-order valence-corrected chi connectivity index (χ4v) is 3.56. The van der Waals surface area contributed by atoms with Gasteiger partial charge >= 0.3 is 5.97 Å². The number of nitrogens with zero attached hydrogens (tertiary/aromatic N) is 1. The van der Waals surface area contributed by atoms with Crippen LogP contribution in [0, 0.1) is 0 Å². The second kappa shape index (κ2) is 8.55. The van der Waals surface area contributed by atoms with Gasteiger partial charge in [0.25, 0.3) is 0 Å². The molecule has 0 radical (unpaired) electrons. The number of thiazole rings is 1. The van der Waals surface area contributed by atoms with E-state index in [4.69, 9.17) is 9.47 Å². The van der Waals surface area contributed by atoms with Crippen molar-refractivity contribution in [1.82, 2.24) is 4.98 Å². The third-order valence-electron chi connectivity index (χ3n) is 3.79. The van der Waals surface area contributed by atoms with Crippen LogP contribution in [0.25, 0.3) is 11.3 Å². The maximum Gasteiger partial charge on any atom is 0.308 e. The van der Waals surface area contributed by atoms with Crippen molar-refractivity contribution in [2.75, 3.05) is 19.0 Å². The van der Waals surface area contributed by atoms with Gasteiger partial charge in [-0.3, -0.25) is 4.79 Å². The highest BCUT2D eigenvalue weighted by molar-refractivity contribution is 7.16. The Balaban J connectivity index is 1.87. The van der Waals surface area contributed by atoms with E-state index in [0.717, 1.165) is 22.7 Å². The minimum atomic E-state index is -0.888. The molecular formula is C20H20N2O4S. The van der Waals surface area contributed by atoms with Crippen LogP contribution in [0.3, 0.4) is 0 Å². The number of anilines is 2. The van der Waals surface area contributed by atoms with E-state index in [1.54, 1.807) is 7.11 Å². The Labute approximate surface area is 161 Å². The van der Waals surface area contributed by atoms with Gasteiger partial charge < -0.3 is 19.9 Å². The van der Waals surface area contributed by atoms with Crippen molar-refractivity contribution in [1.29, 1.82) is 0 Å². The molecule has 0 amide bonds. The molecule has 1 heterocycles. The van der Waals surface area contributed by atoms with E-state index >= 15 is 0 Å². The fraction of sp³-hybridized carbons (Fsp3) is 0.200. The van der Waals surface area contributed by atoms with E-state index in [1.807, 2.05) is 55.5 Å². The molecule has 1 aromatic heterocycles. The standard InChI is InChI=1S/C20H20N2O4S/c1-3-26-16-10-6-14(7-11-16)21-20-22-19(17(27-20)12-18(23)24)13-4-8-15(25-2)9-5-13/h4-11H,3,12H2,1-2H3,(H,21,22)(H,23,24). The molecule has 140 valence electrons. The van der Waals surface area contributed by atoms with Crippen molar-refractivity contribution in [2.24, 2.45) is 0 Å². The molecule has 3 aromatic rings. The Morgan fingerprint density at radius 2 is 1.78 bits per heavy atom. The molecule has 2 aromatic carbocycles. The van der Waals surface area contributed by atoms with Crippen molar-refractivity contribution < 1.29 is 19.4 Å². The zero-order valence-electron chi connectivity index (χ0n) is 15.1.